The van der Waals surface area contributed by atoms with Gasteiger partial charge in [-0.3, -0.25) is 9.59 Å². The molecule has 1 fully saturated rings. The summed E-state index contributed by atoms with van der Waals surface area (Å²) in [7, 11) is 0. The van der Waals surface area contributed by atoms with Gasteiger partial charge in [0, 0.05) is 25.9 Å². The highest BCUT2D eigenvalue weighted by atomic mass is 19.1. The number of hydrogen-bond donors (Lipinski definition) is 2. The van der Waals surface area contributed by atoms with Crippen LogP contribution in [0, 0.1) is 11.6 Å². The Kier molecular flexibility index (Phi) is 4.77. The van der Waals surface area contributed by atoms with Crippen LogP contribution in [0.4, 0.5) is 8.78 Å². The zero-order valence-corrected chi connectivity index (χ0v) is 14.9. The number of piperazine rings is 1. The van der Waals surface area contributed by atoms with Crippen LogP contribution in [0.2, 0.25) is 0 Å². The molecule has 0 unspecified atom stereocenters. The Morgan fingerprint density at radius 2 is 1.89 bits per heavy atom. The van der Waals surface area contributed by atoms with Crippen LogP contribution in [0.5, 0.6) is 0 Å². The van der Waals surface area contributed by atoms with Gasteiger partial charge in [0.05, 0.1) is 11.0 Å². The summed E-state index contributed by atoms with van der Waals surface area (Å²) >= 11 is 0. The van der Waals surface area contributed by atoms with Crippen LogP contribution in [0.25, 0.3) is 11.0 Å². The lowest BCUT2D eigenvalue weighted by atomic mass is 10.0. The maximum atomic E-state index is 13.3. The molecule has 0 aliphatic carbocycles. The van der Waals surface area contributed by atoms with Gasteiger partial charge in [0.1, 0.15) is 23.5 Å². The third-order valence-corrected chi connectivity index (χ3v) is 4.79. The van der Waals surface area contributed by atoms with Crippen molar-refractivity contribution in [1.29, 1.82) is 0 Å². The summed E-state index contributed by atoms with van der Waals surface area (Å²) in [5.41, 5.74) is 1.76. The van der Waals surface area contributed by atoms with E-state index in [2.05, 4.69) is 15.3 Å². The molecule has 2 aromatic carbocycles. The van der Waals surface area contributed by atoms with Crippen molar-refractivity contribution in [3.05, 3.63) is 65.5 Å². The average Bonchev–Trinajstić information content (AvgIpc) is 3.09. The van der Waals surface area contributed by atoms with Crippen molar-refractivity contribution in [1.82, 2.24) is 20.2 Å². The fourth-order valence-electron chi connectivity index (χ4n) is 3.43. The summed E-state index contributed by atoms with van der Waals surface area (Å²) in [4.78, 5) is 34.0. The quantitative estimate of drug-likeness (QED) is 0.725. The van der Waals surface area contributed by atoms with Gasteiger partial charge < -0.3 is 15.2 Å². The van der Waals surface area contributed by atoms with Crippen LogP contribution in [0.1, 0.15) is 23.9 Å². The molecule has 2 N–H and O–H groups in total. The van der Waals surface area contributed by atoms with Gasteiger partial charge in [-0.2, -0.15) is 0 Å². The summed E-state index contributed by atoms with van der Waals surface area (Å²) in [6.07, 6.45) is 0.483. The number of H-pyrrole nitrogens is 1. The molecule has 1 aromatic heterocycles. The number of fused-ring (bicyclic) bond motifs is 1. The Bertz CT molecular complexity index is 1030. The minimum Gasteiger partial charge on any atom is -0.352 e. The molecular formula is C20H18F2N4O2. The lowest BCUT2D eigenvalue weighted by molar-refractivity contribution is -0.143. The van der Waals surface area contributed by atoms with Crippen molar-refractivity contribution in [2.24, 2.45) is 0 Å². The summed E-state index contributed by atoms with van der Waals surface area (Å²) < 4.78 is 26.5. The van der Waals surface area contributed by atoms with Gasteiger partial charge in [-0.25, -0.2) is 13.8 Å². The van der Waals surface area contributed by atoms with Crippen LogP contribution < -0.4 is 5.32 Å². The summed E-state index contributed by atoms with van der Waals surface area (Å²) in [6, 6.07) is 9.04. The van der Waals surface area contributed by atoms with E-state index in [9.17, 15) is 18.4 Å². The van der Waals surface area contributed by atoms with E-state index < -0.39 is 11.9 Å². The minimum absolute atomic E-state index is 0.146. The first-order chi connectivity index (χ1) is 13.5. The molecule has 144 valence electrons. The van der Waals surface area contributed by atoms with Gasteiger partial charge in [0.15, 0.2) is 0 Å². The second-order valence-corrected chi connectivity index (χ2v) is 6.68. The Morgan fingerprint density at radius 3 is 2.68 bits per heavy atom. The second kappa shape index (κ2) is 7.38. The maximum Gasteiger partial charge on any atom is 0.247 e. The smallest absolute Gasteiger partial charge is 0.247 e. The van der Waals surface area contributed by atoms with Crippen LogP contribution in [-0.2, 0) is 16.0 Å². The highest BCUT2D eigenvalue weighted by Gasteiger charge is 2.34. The molecular weight excluding hydrogens is 366 g/mol. The van der Waals surface area contributed by atoms with Crippen molar-refractivity contribution >= 4 is 22.8 Å². The van der Waals surface area contributed by atoms with Gasteiger partial charge in [-0.1, -0.05) is 12.1 Å². The van der Waals surface area contributed by atoms with E-state index in [-0.39, 0.29) is 24.1 Å². The zero-order chi connectivity index (χ0) is 19.7. The molecule has 0 saturated carbocycles. The number of nitrogens with one attached hydrogen (secondary N) is 2. The van der Waals surface area contributed by atoms with Gasteiger partial charge in [0.2, 0.25) is 11.8 Å². The molecule has 3 aromatic rings. The minimum atomic E-state index is -0.786. The predicted molar refractivity (Wildman–Crippen MR) is 98.2 cm³/mol. The van der Waals surface area contributed by atoms with Crippen molar-refractivity contribution < 1.29 is 18.4 Å². The molecule has 4 rings (SSSR count). The molecule has 1 atom stereocenters. The van der Waals surface area contributed by atoms with E-state index >= 15 is 0 Å². The van der Waals surface area contributed by atoms with E-state index in [1.54, 1.807) is 6.07 Å². The number of aryl methyl sites for hydroxylation is 1. The molecule has 0 spiro atoms. The number of carbonyl (C=O) groups is 2. The molecule has 2 amide bonds. The molecule has 8 heteroatoms. The van der Waals surface area contributed by atoms with E-state index in [4.69, 9.17) is 0 Å². The number of aromatic amines is 1. The lowest BCUT2D eigenvalue weighted by Gasteiger charge is -2.35. The zero-order valence-electron chi connectivity index (χ0n) is 14.9. The van der Waals surface area contributed by atoms with Crippen molar-refractivity contribution in [3.8, 4) is 0 Å². The first-order valence-electron chi connectivity index (χ1n) is 8.98. The Labute approximate surface area is 159 Å². The van der Waals surface area contributed by atoms with Crippen molar-refractivity contribution in [3.63, 3.8) is 0 Å². The highest BCUT2D eigenvalue weighted by molar-refractivity contribution is 5.90. The molecule has 1 aliphatic rings. The van der Waals surface area contributed by atoms with E-state index in [1.807, 2.05) is 0 Å². The molecule has 0 bridgehead atoms. The lowest BCUT2D eigenvalue weighted by Crippen LogP contribution is -2.52. The van der Waals surface area contributed by atoms with E-state index in [1.165, 1.54) is 41.3 Å². The van der Waals surface area contributed by atoms with Crippen LogP contribution >= 0.6 is 0 Å². The van der Waals surface area contributed by atoms with Gasteiger partial charge >= 0.3 is 0 Å². The number of benzene rings is 2. The number of rotatable bonds is 4. The van der Waals surface area contributed by atoms with Crippen LogP contribution in [0.3, 0.4) is 0 Å². The summed E-state index contributed by atoms with van der Waals surface area (Å²) in [5.74, 6) is -0.672. The van der Waals surface area contributed by atoms with Crippen molar-refractivity contribution in [2.75, 3.05) is 13.1 Å². The Hall–Kier alpha value is -3.29. The molecule has 28 heavy (non-hydrogen) atoms. The first-order valence-corrected chi connectivity index (χ1v) is 8.98. The van der Waals surface area contributed by atoms with Gasteiger partial charge in [-0.15, -0.1) is 0 Å². The fraction of sp³-hybridized carbons (Fsp3) is 0.250. The number of carbonyl (C=O) groups excluding carboxylic acids is 2. The number of amides is 2. The first kappa shape index (κ1) is 18.1. The SMILES string of the molecule is O=C1NCCN(C(=O)CCc2nc3ccc(F)cc3[nH]2)[C@H]1c1ccc(F)cc1. The third-order valence-electron chi connectivity index (χ3n) is 4.79. The number of hydrogen-bond acceptors (Lipinski definition) is 3. The topological polar surface area (TPSA) is 78.1 Å². The average molecular weight is 384 g/mol. The van der Waals surface area contributed by atoms with Gasteiger partial charge in [-0.05, 0) is 35.9 Å². The van der Waals surface area contributed by atoms with Crippen LogP contribution in [0.15, 0.2) is 42.5 Å². The molecule has 0 radical (unpaired) electrons. The van der Waals surface area contributed by atoms with E-state index in [0.29, 0.717) is 41.9 Å². The van der Waals surface area contributed by atoms with E-state index in [0.717, 1.165) is 0 Å². The molecule has 2 heterocycles. The summed E-state index contributed by atoms with van der Waals surface area (Å²) in [6.45, 7) is 0.740. The number of halogens is 2. The maximum absolute atomic E-state index is 13.3. The number of nitrogens with zero attached hydrogens (tertiary/aromatic N) is 2. The second-order valence-electron chi connectivity index (χ2n) is 6.68. The molecule has 6 nitrogen and oxygen atoms in total. The number of imidazole rings is 1. The largest absolute Gasteiger partial charge is 0.352 e. The van der Waals surface area contributed by atoms with Gasteiger partial charge in [0.25, 0.3) is 0 Å². The molecule has 1 aliphatic heterocycles. The Balaban J connectivity index is 1.49. The summed E-state index contributed by atoms with van der Waals surface area (Å²) in [5, 5.41) is 2.75. The fourth-order valence-corrected chi connectivity index (χ4v) is 3.43. The van der Waals surface area contributed by atoms with Crippen molar-refractivity contribution in [2.45, 2.75) is 18.9 Å². The highest BCUT2D eigenvalue weighted by Crippen LogP contribution is 2.25. The normalized spacial score (nSPS) is 17.0. The monoisotopic (exact) mass is 384 g/mol. The number of aromatic nitrogens is 2. The Morgan fingerprint density at radius 1 is 1.14 bits per heavy atom. The third kappa shape index (κ3) is 3.58. The van der Waals surface area contributed by atoms with Crippen LogP contribution in [-0.4, -0.2) is 39.8 Å². The standard InChI is InChI=1S/C20H18F2N4O2/c21-13-3-1-12(2-4-13)19-20(28)23-9-10-26(19)18(27)8-7-17-24-15-6-5-14(22)11-16(15)25-17/h1-6,11,19H,7-10H2,(H,23,28)(H,24,25)/t19-/m0/s1. The predicted octanol–water partition coefficient (Wildman–Crippen LogP) is 2.47. The molecule has 1 saturated heterocycles.